The predicted octanol–water partition coefficient (Wildman–Crippen LogP) is 10.4. The van der Waals surface area contributed by atoms with Crippen LogP contribution in [-0.4, -0.2) is 24.7 Å². The topological polar surface area (TPSA) is 64.6 Å². The molecule has 0 aromatic heterocycles. The van der Waals surface area contributed by atoms with Crippen LogP contribution in [0.2, 0.25) is 5.02 Å². The van der Waals surface area contributed by atoms with Crippen LogP contribution in [0.15, 0.2) is 158 Å². The Bertz CT molecular complexity index is 2110. The Morgan fingerprint density at radius 1 is 0.692 bits per heavy atom. The first-order chi connectivity index (χ1) is 25.4. The molecular formula is C46H40ClNO4. The maximum Gasteiger partial charge on any atom is 0.407 e. The number of esters is 1. The van der Waals surface area contributed by atoms with Crippen LogP contribution < -0.4 is 5.32 Å². The van der Waals surface area contributed by atoms with Crippen LogP contribution in [0.3, 0.4) is 0 Å². The number of fused-ring (bicyclic) bond motifs is 3. The number of aryl methyl sites for hydroxylation is 2. The second-order valence-corrected chi connectivity index (χ2v) is 13.7. The van der Waals surface area contributed by atoms with Crippen molar-refractivity contribution < 1.29 is 19.1 Å². The molecule has 260 valence electrons. The van der Waals surface area contributed by atoms with Crippen LogP contribution in [0.25, 0.3) is 11.1 Å². The first-order valence-corrected chi connectivity index (χ1v) is 18.0. The first-order valence-electron chi connectivity index (χ1n) is 17.7. The van der Waals surface area contributed by atoms with Gasteiger partial charge in [-0.15, -0.1) is 0 Å². The zero-order chi connectivity index (χ0) is 35.9. The van der Waals surface area contributed by atoms with Gasteiger partial charge in [0.05, 0.1) is 6.42 Å². The third-order valence-corrected chi connectivity index (χ3v) is 10.2. The maximum atomic E-state index is 14.3. The van der Waals surface area contributed by atoms with E-state index < -0.39 is 23.7 Å². The van der Waals surface area contributed by atoms with E-state index in [0.717, 1.165) is 44.5 Å². The summed E-state index contributed by atoms with van der Waals surface area (Å²) in [5.41, 5.74) is 7.57. The molecule has 1 N–H and O–H groups in total. The normalized spacial score (nSPS) is 13.7. The summed E-state index contributed by atoms with van der Waals surface area (Å²) < 4.78 is 12.6. The molecule has 1 aliphatic rings. The highest BCUT2D eigenvalue weighted by Gasteiger charge is 2.42. The minimum absolute atomic E-state index is 0.0810. The van der Waals surface area contributed by atoms with E-state index in [1.807, 2.05) is 134 Å². The first kappa shape index (κ1) is 34.8. The van der Waals surface area contributed by atoms with Crippen LogP contribution in [0.1, 0.15) is 57.7 Å². The van der Waals surface area contributed by atoms with Gasteiger partial charge in [-0.3, -0.25) is 4.79 Å². The van der Waals surface area contributed by atoms with Crippen molar-refractivity contribution >= 4 is 23.7 Å². The van der Waals surface area contributed by atoms with Gasteiger partial charge >= 0.3 is 12.1 Å². The standard InChI is InChI=1S/C46H40ClNO4/c1-32-24-27-35(28-25-32)46(34-16-6-3-7-17-34,42-22-12-13-23-43(42)47)52-44(49)30-36(29-26-33-14-4-2-5-15-33)48-45(50)51-31-41-39-20-10-8-18-37(39)38-19-9-11-21-40(38)41/h2-25,27-28,36,41H,26,29-31H2,1H3,(H,48,50)/t36-,46?/m1/s1. The molecule has 0 fully saturated rings. The molecule has 6 aromatic rings. The second kappa shape index (κ2) is 15.7. The number of rotatable bonds is 12. The lowest BCUT2D eigenvalue weighted by Crippen LogP contribution is -2.41. The van der Waals surface area contributed by atoms with E-state index >= 15 is 0 Å². The van der Waals surface area contributed by atoms with E-state index in [2.05, 4.69) is 29.6 Å². The monoisotopic (exact) mass is 705 g/mol. The maximum absolute atomic E-state index is 14.3. The molecule has 6 aromatic carbocycles. The molecule has 0 aliphatic heterocycles. The van der Waals surface area contributed by atoms with E-state index in [-0.39, 0.29) is 18.9 Å². The van der Waals surface area contributed by atoms with Crippen molar-refractivity contribution in [3.8, 4) is 11.1 Å². The molecule has 5 nitrogen and oxygen atoms in total. The molecule has 52 heavy (non-hydrogen) atoms. The molecule has 7 rings (SSSR count). The molecule has 2 atom stereocenters. The van der Waals surface area contributed by atoms with E-state index in [1.165, 1.54) is 0 Å². The fourth-order valence-corrected chi connectivity index (χ4v) is 7.56. The molecular weight excluding hydrogens is 666 g/mol. The lowest BCUT2D eigenvalue weighted by atomic mass is 9.79. The Morgan fingerprint density at radius 3 is 1.90 bits per heavy atom. The number of nitrogens with one attached hydrogen (secondary N) is 1. The van der Waals surface area contributed by atoms with Crippen molar-refractivity contribution in [2.75, 3.05) is 6.61 Å². The molecule has 0 bridgehead atoms. The Labute approximate surface area is 310 Å². The fourth-order valence-electron chi connectivity index (χ4n) is 7.29. The van der Waals surface area contributed by atoms with Gasteiger partial charge < -0.3 is 14.8 Å². The summed E-state index contributed by atoms with van der Waals surface area (Å²) in [5.74, 6) is -0.566. The van der Waals surface area contributed by atoms with Crippen LogP contribution in [0.5, 0.6) is 0 Å². The number of alkyl carbamates (subject to hydrolysis) is 1. The van der Waals surface area contributed by atoms with Crippen molar-refractivity contribution in [3.63, 3.8) is 0 Å². The molecule has 1 unspecified atom stereocenters. The summed E-state index contributed by atoms with van der Waals surface area (Å²) in [4.78, 5) is 27.9. The van der Waals surface area contributed by atoms with Crippen molar-refractivity contribution in [3.05, 3.63) is 202 Å². The largest absolute Gasteiger partial charge is 0.449 e. The van der Waals surface area contributed by atoms with Gasteiger partial charge in [0, 0.05) is 33.7 Å². The predicted molar refractivity (Wildman–Crippen MR) is 206 cm³/mol. The van der Waals surface area contributed by atoms with Gasteiger partial charge in [0.25, 0.3) is 0 Å². The lowest BCUT2D eigenvalue weighted by molar-refractivity contribution is -0.154. The molecule has 1 aliphatic carbocycles. The molecule has 6 heteroatoms. The molecule has 0 heterocycles. The van der Waals surface area contributed by atoms with Crippen LogP contribution >= 0.6 is 11.6 Å². The van der Waals surface area contributed by atoms with Gasteiger partial charge in [0.15, 0.2) is 5.60 Å². The minimum atomic E-state index is -1.35. The third-order valence-electron chi connectivity index (χ3n) is 9.86. The van der Waals surface area contributed by atoms with Crippen molar-refractivity contribution in [1.29, 1.82) is 0 Å². The van der Waals surface area contributed by atoms with E-state index in [1.54, 1.807) is 6.07 Å². The summed E-state index contributed by atoms with van der Waals surface area (Å²) in [6, 6.07) is 51.0. The fraction of sp³-hybridized carbons (Fsp3) is 0.174. The van der Waals surface area contributed by atoms with Gasteiger partial charge in [0.2, 0.25) is 0 Å². The van der Waals surface area contributed by atoms with E-state index in [0.29, 0.717) is 23.4 Å². The summed E-state index contributed by atoms with van der Waals surface area (Å²) in [5, 5.41) is 3.50. The molecule has 0 saturated carbocycles. The van der Waals surface area contributed by atoms with Crippen molar-refractivity contribution in [2.24, 2.45) is 0 Å². The third kappa shape index (κ3) is 7.37. The Morgan fingerprint density at radius 2 is 1.25 bits per heavy atom. The van der Waals surface area contributed by atoms with Gasteiger partial charge in [0.1, 0.15) is 6.61 Å². The summed E-state index contributed by atoms with van der Waals surface area (Å²) >= 11 is 6.90. The number of carbonyl (C=O) groups excluding carboxylic acids is 2. The lowest BCUT2D eigenvalue weighted by Gasteiger charge is -2.36. The summed E-state index contributed by atoms with van der Waals surface area (Å²) in [6.07, 6.45) is 0.487. The van der Waals surface area contributed by atoms with E-state index in [4.69, 9.17) is 21.1 Å². The zero-order valence-corrected chi connectivity index (χ0v) is 29.8. The number of ether oxygens (including phenoxy) is 2. The van der Waals surface area contributed by atoms with Crippen molar-refractivity contribution in [2.45, 2.75) is 43.7 Å². The zero-order valence-electron chi connectivity index (χ0n) is 29.0. The van der Waals surface area contributed by atoms with Crippen LogP contribution in [0.4, 0.5) is 4.79 Å². The Kier molecular flexibility index (Phi) is 10.5. The summed E-state index contributed by atoms with van der Waals surface area (Å²) in [7, 11) is 0. The second-order valence-electron chi connectivity index (χ2n) is 13.3. The van der Waals surface area contributed by atoms with Gasteiger partial charge in [-0.1, -0.05) is 169 Å². The van der Waals surface area contributed by atoms with Gasteiger partial charge in [-0.25, -0.2) is 4.79 Å². The minimum Gasteiger partial charge on any atom is -0.449 e. The average Bonchev–Trinajstić information content (AvgIpc) is 3.50. The smallest absolute Gasteiger partial charge is 0.407 e. The highest BCUT2D eigenvalue weighted by atomic mass is 35.5. The SMILES string of the molecule is Cc1ccc(C(OC(=O)C[C@@H](CCc2ccccc2)NC(=O)OCC2c3ccccc3-c3ccccc32)(c2ccccc2)c2ccccc2Cl)cc1. The highest BCUT2D eigenvalue weighted by Crippen LogP contribution is 2.45. The highest BCUT2D eigenvalue weighted by molar-refractivity contribution is 6.31. The molecule has 0 spiro atoms. The van der Waals surface area contributed by atoms with Gasteiger partial charge in [-0.05, 0) is 53.6 Å². The number of amides is 1. The quantitative estimate of drug-likeness (QED) is 0.102. The number of hydrogen-bond acceptors (Lipinski definition) is 4. The Hall–Kier alpha value is -5.65. The average molecular weight is 706 g/mol. The Balaban J connectivity index is 1.15. The van der Waals surface area contributed by atoms with Crippen LogP contribution in [0, 0.1) is 6.92 Å². The van der Waals surface area contributed by atoms with Crippen LogP contribution in [-0.2, 0) is 26.3 Å². The van der Waals surface area contributed by atoms with Gasteiger partial charge in [-0.2, -0.15) is 0 Å². The molecule has 0 radical (unpaired) electrons. The number of hydrogen-bond donors (Lipinski definition) is 1. The van der Waals surface area contributed by atoms with Crippen molar-refractivity contribution in [1.82, 2.24) is 5.32 Å². The number of benzene rings is 6. The summed E-state index contributed by atoms with van der Waals surface area (Å²) in [6.45, 7) is 2.19. The number of carbonyl (C=O) groups is 2. The van der Waals surface area contributed by atoms with E-state index in [9.17, 15) is 9.59 Å². The number of halogens is 1. The molecule has 0 saturated heterocycles. The molecule has 1 amide bonds.